The van der Waals surface area contributed by atoms with E-state index in [1.807, 2.05) is 12.1 Å². The lowest BCUT2D eigenvalue weighted by molar-refractivity contribution is -0.139. The Balaban J connectivity index is 1.97. The number of aliphatic carboxylic acids is 1. The van der Waals surface area contributed by atoms with Crippen LogP contribution in [0.5, 0.6) is 5.75 Å². The summed E-state index contributed by atoms with van der Waals surface area (Å²) in [7, 11) is 1.63. The van der Waals surface area contributed by atoms with Crippen LogP contribution in [0.25, 0.3) is 0 Å². The second kappa shape index (κ2) is 2.75. The summed E-state index contributed by atoms with van der Waals surface area (Å²) in [5.74, 6) is 0.603. The summed E-state index contributed by atoms with van der Waals surface area (Å²) in [5.41, 5.74) is 2.48. The molecule has 0 bridgehead atoms. The minimum atomic E-state index is -0.654. The number of carboxylic acids is 1. The molecule has 0 saturated heterocycles. The van der Waals surface area contributed by atoms with E-state index in [1.54, 1.807) is 7.11 Å². The molecule has 15 heavy (non-hydrogen) atoms. The zero-order valence-electron chi connectivity index (χ0n) is 8.43. The maximum atomic E-state index is 10.9. The normalized spacial score (nSPS) is 30.6. The maximum absolute atomic E-state index is 10.9. The third kappa shape index (κ3) is 1.09. The Morgan fingerprint density at radius 3 is 3.00 bits per heavy atom. The number of methoxy groups -OCH3 is 1. The summed E-state index contributed by atoms with van der Waals surface area (Å²) in [6, 6.07) is 5.99. The summed E-state index contributed by atoms with van der Waals surface area (Å²) in [4.78, 5) is 10.9. The van der Waals surface area contributed by atoms with E-state index in [9.17, 15) is 4.79 Å². The molecule has 0 radical (unpaired) electrons. The Hall–Kier alpha value is -1.51. The molecule has 1 aromatic rings. The maximum Gasteiger partial charge on any atom is 0.307 e. The van der Waals surface area contributed by atoms with Gasteiger partial charge in [0.15, 0.2) is 0 Å². The number of benzene rings is 1. The van der Waals surface area contributed by atoms with Crippen molar-refractivity contribution in [2.45, 2.75) is 12.3 Å². The fourth-order valence-electron chi connectivity index (χ4n) is 2.84. The monoisotopic (exact) mass is 204 g/mol. The van der Waals surface area contributed by atoms with E-state index in [0.717, 1.165) is 12.2 Å². The highest BCUT2D eigenvalue weighted by Crippen LogP contribution is 2.61. The van der Waals surface area contributed by atoms with Crippen LogP contribution in [0.15, 0.2) is 18.2 Å². The van der Waals surface area contributed by atoms with Gasteiger partial charge in [0.1, 0.15) is 5.75 Å². The Morgan fingerprint density at radius 1 is 1.53 bits per heavy atom. The highest BCUT2D eigenvalue weighted by molar-refractivity contribution is 5.78. The first-order chi connectivity index (χ1) is 7.22. The van der Waals surface area contributed by atoms with E-state index in [0.29, 0.717) is 5.92 Å². The predicted molar refractivity (Wildman–Crippen MR) is 54.1 cm³/mol. The minimum absolute atomic E-state index is 0.149. The fourth-order valence-corrected chi connectivity index (χ4v) is 2.84. The van der Waals surface area contributed by atoms with E-state index in [1.165, 1.54) is 11.1 Å². The lowest BCUT2D eigenvalue weighted by Crippen LogP contribution is -2.05. The molecule has 0 amide bonds. The summed E-state index contributed by atoms with van der Waals surface area (Å²) >= 11 is 0. The van der Waals surface area contributed by atoms with Gasteiger partial charge in [0, 0.05) is 5.92 Å². The molecule has 2 aliphatic rings. The molecule has 0 aromatic heterocycles. The van der Waals surface area contributed by atoms with E-state index in [2.05, 4.69) is 6.07 Å². The van der Waals surface area contributed by atoms with Crippen molar-refractivity contribution >= 4 is 5.97 Å². The highest BCUT2D eigenvalue weighted by atomic mass is 16.5. The molecule has 1 aromatic carbocycles. The van der Waals surface area contributed by atoms with Crippen molar-refractivity contribution in [3.8, 4) is 5.75 Å². The molecule has 3 atom stereocenters. The van der Waals surface area contributed by atoms with Crippen LogP contribution in [0.1, 0.15) is 17.0 Å². The second-order valence-electron chi connectivity index (χ2n) is 4.32. The van der Waals surface area contributed by atoms with E-state index >= 15 is 0 Å². The molecular formula is C12H12O3. The molecule has 3 heteroatoms. The van der Waals surface area contributed by atoms with Crippen LogP contribution < -0.4 is 4.74 Å². The van der Waals surface area contributed by atoms with Gasteiger partial charge in [-0.2, -0.15) is 0 Å². The van der Waals surface area contributed by atoms with Crippen LogP contribution in [-0.4, -0.2) is 18.2 Å². The number of carboxylic acid groups (broad SMARTS) is 1. The Bertz CT molecular complexity index is 438. The number of rotatable bonds is 2. The van der Waals surface area contributed by atoms with Gasteiger partial charge in [-0.05, 0) is 35.6 Å². The van der Waals surface area contributed by atoms with Crippen molar-refractivity contribution in [1.29, 1.82) is 0 Å². The van der Waals surface area contributed by atoms with Crippen LogP contribution in [-0.2, 0) is 11.2 Å². The van der Waals surface area contributed by atoms with Crippen LogP contribution in [0.3, 0.4) is 0 Å². The Kier molecular flexibility index (Phi) is 1.61. The molecule has 0 unspecified atom stereocenters. The molecule has 0 heterocycles. The van der Waals surface area contributed by atoms with E-state index < -0.39 is 5.97 Å². The lowest BCUT2D eigenvalue weighted by Gasteiger charge is -2.07. The first kappa shape index (κ1) is 8.77. The molecule has 0 spiro atoms. The number of ether oxygens (including phenoxy) is 1. The topological polar surface area (TPSA) is 46.5 Å². The third-order valence-corrected chi connectivity index (χ3v) is 3.62. The SMILES string of the molecule is COc1ccc2c(c1)[C@@H]1[C@@H](C2)[C@@H]1C(=O)O. The van der Waals surface area contributed by atoms with Gasteiger partial charge >= 0.3 is 5.97 Å². The number of hydrogen-bond donors (Lipinski definition) is 1. The molecule has 1 saturated carbocycles. The zero-order valence-corrected chi connectivity index (χ0v) is 8.43. The van der Waals surface area contributed by atoms with Crippen LogP contribution in [0.4, 0.5) is 0 Å². The molecular weight excluding hydrogens is 192 g/mol. The molecule has 0 aliphatic heterocycles. The standard InChI is InChI=1S/C12H12O3/c1-15-7-3-2-6-4-9-10(8(6)5-7)11(9)12(13)14/h2-3,5,9-11H,4H2,1H3,(H,13,14)/t9-,10-,11+/m1/s1. The van der Waals surface area contributed by atoms with Crippen molar-refractivity contribution < 1.29 is 14.6 Å². The number of fused-ring (bicyclic) bond motifs is 3. The molecule has 1 fully saturated rings. The molecule has 3 nitrogen and oxygen atoms in total. The van der Waals surface area contributed by atoms with Gasteiger partial charge in [-0.15, -0.1) is 0 Å². The first-order valence-corrected chi connectivity index (χ1v) is 5.12. The molecule has 3 rings (SSSR count). The highest BCUT2D eigenvalue weighted by Gasteiger charge is 2.59. The summed E-state index contributed by atoms with van der Waals surface area (Å²) in [5, 5.41) is 8.98. The largest absolute Gasteiger partial charge is 0.497 e. The van der Waals surface area contributed by atoms with Crippen molar-refractivity contribution in [3.05, 3.63) is 29.3 Å². The van der Waals surface area contributed by atoms with Gasteiger partial charge in [0.25, 0.3) is 0 Å². The van der Waals surface area contributed by atoms with E-state index in [-0.39, 0.29) is 11.8 Å². The first-order valence-electron chi connectivity index (χ1n) is 5.12. The molecule has 1 N–H and O–H groups in total. The summed E-state index contributed by atoms with van der Waals surface area (Å²) in [6.07, 6.45) is 0.918. The predicted octanol–water partition coefficient (Wildman–Crippen LogP) is 1.67. The van der Waals surface area contributed by atoms with Gasteiger partial charge in [-0.1, -0.05) is 6.07 Å². The average Bonchev–Trinajstić information content (AvgIpc) is 2.83. The molecule has 2 aliphatic carbocycles. The fraction of sp³-hybridized carbons (Fsp3) is 0.417. The Labute approximate surface area is 87.7 Å². The zero-order chi connectivity index (χ0) is 10.6. The summed E-state index contributed by atoms with van der Waals surface area (Å²) in [6.45, 7) is 0. The smallest absolute Gasteiger partial charge is 0.307 e. The number of hydrogen-bond acceptors (Lipinski definition) is 2. The van der Waals surface area contributed by atoms with Crippen LogP contribution >= 0.6 is 0 Å². The molecule has 78 valence electrons. The van der Waals surface area contributed by atoms with Gasteiger partial charge in [-0.3, -0.25) is 4.79 Å². The summed E-state index contributed by atoms with van der Waals surface area (Å²) < 4.78 is 5.15. The third-order valence-electron chi connectivity index (χ3n) is 3.62. The Morgan fingerprint density at radius 2 is 2.33 bits per heavy atom. The minimum Gasteiger partial charge on any atom is -0.497 e. The number of carbonyl (C=O) groups is 1. The van der Waals surface area contributed by atoms with Crippen molar-refractivity contribution in [3.63, 3.8) is 0 Å². The van der Waals surface area contributed by atoms with Gasteiger partial charge in [0.2, 0.25) is 0 Å². The second-order valence-corrected chi connectivity index (χ2v) is 4.32. The van der Waals surface area contributed by atoms with Gasteiger partial charge in [-0.25, -0.2) is 0 Å². The lowest BCUT2D eigenvalue weighted by atomic mass is 10.0. The quantitative estimate of drug-likeness (QED) is 0.797. The van der Waals surface area contributed by atoms with Crippen molar-refractivity contribution in [1.82, 2.24) is 0 Å². The van der Waals surface area contributed by atoms with Gasteiger partial charge < -0.3 is 9.84 Å². The van der Waals surface area contributed by atoms with Crippen LogP contribution in [0, 0.1) is 11.8 Å². The van der Waals surface area contributed by atoms with Crippen molar-refractivity contribution in [2.24, 2.45) is 11.8 Å². The van der Waals surface area contributed by atoms with Crippen molar-refractivity contribution in [2.75, 3.05) is 7.11 Å². The average molecular weight is 204 g/mol. The van der Waals surface area contributed by atoms with E-state index in [4.69, 9.17) is 9.84 Å². The van der Waals surface area contributed by atoms with Crippen LogP contribution in [0.2, 0.25) is 0 Å². The van der Waals surface area contributed by atoms with Gasteiger partial charge in [0.05, 0.1) is 13.0 Å².